The van der Waals surface area contributed by atoms with Crippen molar-refractivity contribution in [2.45, 2.75) is 6.61 Å². The first-order chi connectivity index (χ1) is 10.7. The van der Waals surface area contributed by atoms with Crippen LogP contribution >= 0.6 is 0 Å². The number of hydrogen-bond acceptors (Lipinski definition) is 5. The highest BCUT2D eigenvalue weighted by molar-refractivity contribution is 5.80. The zero-order chi connectivity index (χ0) is 15.5. The van der Waals surface area contributed by atoms with Crippen LogP contribution in [0.25, 0.3) is 10.9 Å². The maximum absolute atomic E-state index is 11.1. The molecule has 0 bridgehead atoms. The van der Waals surface area contributed by atoms with Crippen LogP contribution < -0.4 is 9.47 Å². The Hall–Kier alpha value is -2.89. The molecule has 0 unspecified atom stereocenters. The average Bonchev–Trinajstić information content (AvgIpc) is 2.93. The molecular weight excluding hydrogens is 282 g/mol. The predicted octanol–water partition coefficient (Wildman–Crippen LogP) is 2.37. The molecule has 6 nitrogen and oxygen atoms in total. The summed E-state index contributed by atoms with van der Waals surface area (Å²) in [6, 6.07) is 7.53. The summed E-state index contributed by atoms with van der Waals surface area (Å²) < 4.78 is 12.5. The summed E-state index contributed by atoms with van der Waals surface area (Å²) in [5, 5.41) is 5.26. The first kappa shape index (κ1) is 14.1. The van der Waals surface area contributed by atoms with Crippen LogP contribution in [0.2, 0.25) is 0 Å². The smallest absolute Gasteiger partial charge is 0.213 e. The fourth-order valence-corrected chi connectivity index (χ4v) is 2.23. The third kappa shape index (κ3) is 2.63. The first-order valence-corrected chi connectivity index (χ1v) is 6.74. The Kier molecular flexibility index (Phi) is 3.74. The molecule has 3 rings (SSSR count). The fraction of sp³-hybridized carbons (Fsp3) is 0.188. The van der Waals surface area contributed by atoms with Gasteiger partial charge in [-0.25, -0.2) is 4.98 Å². The van der Waals surface area contributed by atoms with E-state index in [2.05, 4.69) is 10.1 Å². The van der Waals surface area contributed by atoms with E-state index < -0.39 is 0 Å². The predicted molar refractivity (Wildman–Crippen MR) is 81.2 cm³/mol. The lowest BCUT2D eigenvalue weighted by Gasteiger charge is -2.09. The molecule has 0 amide bonds. The Morgan fingerprint density at radius 1 is 1.27 bits per heavy atom. The summed E-state index contributed by atoms with van der Waals surface area (Å²) >= 11 is 0. The molecule has 0 aliphatic heterocycles. The van der Waals surface area contributed by atoms with E-state index in [0.717, 1.165) is 22.8 Å². The van der Waals surface area contributed by atoms with Gasteiger partial charge < -0.3 is 9.47 Å². The minimum atomic E-state index is 0.347. The van der Waals surface area contributed by atoms with Crippen LogP contribution in [0.5, 0.6) is 11.6 Å². The van der Waals surface area contributed by atoms with Crippen molar-refractivity contribution < 1.29 is 14.3 Å². The number of methoxy groups -OCH3 is 1. The number of aromatic nitrogens is 3. The van der Waals surface area contributed by atoms with Crippen LogP contribution in [0, 0.1) is 0 Å². The van der Waals surface area contributed by atoms with E-state index in [-0.39, 0.29) is 0 Å². The SMILES string of the molecule is COc1cc(C=O)c(OCc2ccc3c(cnn3C)c2)cn1. The minimum absolute atomic E-state index is 0.347. The van der Waals surface area contributed by atoms with Gasteiger partial charge in [-0.3, -0.25) is 9.48 Å². The van der Waals surface area contributed by atoms with Crippen LogP contribution in [0.1, 0.15) is 15.9 Å². The van der Waals surface area contributed by atoms with E-state index in [1.54, 1.807) is 6.07 Å². The van der Waals surface area contributed by atoms with Crippen molar-refractivity contribution in [3.05, 3.63) is 47.8 Å². The highest BCUT2D eigenvalue weighted by Crippen LogP contribution is 2.22. The van der Waals surface area contributed by atoms with Gasteiger partial charge in [0.1, 0.15) is 12.4 Å². The summed E-state index contributed by atoms with van der Waals surface area (Å²) in [5.41, 5.74) is 2.46. The van der Waals surface area contributed by atoms with E-state index in [4.69, 9.17) is 9.47 Å². The zero-order valence-corrected chi connectivity index (χ0v) is 12.3. The Morgan fingerprint density at radius 2 is 2.14 bits per heavy atom. The van der Waals surface area contributed by atoms with Crippen LogP contribution in [0.15, 0.2) is 36.7 Å². The van der Waals surface area contributed by atoms with Crippen LogP contribution in [0.3, 0.4) is 0 Å². The molecule has 0 aliphatic rings. The molecule has 0 radical (unpaired) electrons. The Morgan fingerprint density at radius 3 is 2.91 bits per heavy atom. The molecule has 0 saturated heterocycles. The highest BCUT2D eigenvalue weighted by Gasteiger charge is 2.07. The van der Waals surface area contributed by atoms with E-state index >= 15 is 0 Å². The van der Waals surface area contributed by atoms with E-state index in [1.807, 2.05) is 36.1 Å². The second-order valence-corrected chi connectivity index (χ2v) is 4.83. The van der Waals surface area contributed by atoms with Gasteiger partial charge in [0.15, 0.2) is 6.29 Å². The van der Waals surface area contributed by atoms with Crippen molar-refractivity contribution >= 4 is 17.2 Å². The standard InChI is InChI=1S/C16H15N3O3/c1-19-14-4-3-11(5-12(14)7-18-19)10-22-15-8-17-16(21-2)6-13(15)9-20/h3-9H,10H2,1-2H3. The molecule has 3 aromatic rings. The van der Waals surface area contributed by atoms with Gasteiger partial charge in [-0.2, -0.15) is 5.10 Å². The molecule has 2 aromatic heterocycles. The monoisotopic (exact) mass is 297 g/mol. The third-order valence-corrected chi connectivity index (χ3v) is 3.41. The summed E-state index contributed by atoms with van der Waals surface area (Å²) in [7, 11) is 3.40. The van der Waals surface area contributed by atoms with Crippen LogP contribution in [-0.2, 0) is 13.7 Å². The van der Waals surface area contributed by atoms with Gasteiger partial charge >= 0.3 is 0 Å². The topological polar surface area (TPSA) is 66.2 Å². The Bertz CT molecular complexity index is 827. The Labute approximate surface area is 127 Å². The third-order valence-electron chi connectivity index (χ3n) is 3.41. The molecule has 2 heterocycles. The second kappa shape index (κ2) is 5.85. The van der Waals surface area contributed by atoms with Gasteiger partial charge in [0.25, 0.3) is 0 Å². The summed E-state index contributed by atoms with van der Waals surface area (Å²) in [6.45, 7) is 0.347. The quantitative estimate of drug-likeness (QED) is 0.676. The molecule has 112 valence electrons. The van der Waals surface area contributed by atoms with E-state index in [9.17, 15) is 4.79 Å². The number of carbonyl (C=O) groups excluding carboxylic acids is 1. The summed E-state index contributed by atoms with van der Waals surface area (Å²) in [4.78, 5) is 15.2. The number of rotatable bonds is 5. The number of ether oxygens (including phenoxy) is 2. The molecule has 0 N–H and O–H groups in total. The van der Waals surface area contributed by atoms with E-state index in [0.29, 0.717) is 23.8 Å². The number of carbonyl (C=O) groups is 1. The minimum Gasteiger partial charge on any atom is -0.487 e. The molecule has 0 atom stereocenters. The second-order valence-electron chi connectivity index (χ2n) is 4.83. The van der Waals surface area contributed by atoms with Gasteiger partial charge in [0, 0.05) is 18.5 Å². The average molecular weight is 297 g/mol. The first-order valence-electron chi connectivity index (χ1n) is 6.74. The van der Waals surface area contributed by atoms with Gasteiger partial charge in [-0.05, 0) is 17.7 Å². The van der Waals surface area contributed by atoms with Gasteiger partial charge in [-0.1, -0.05) is 6.07 Å². The lowest BCUT2D eigenvalue weighted by atomic mass is 10.2. The van der Waals surface area contributed by atoms with E-state index in [1.165, 1.54) is 13.3 Å². The van der Waals surface area contributed by atoms with Crippen molar-refractivity contribution in [1.82, 2.24) is 14.8 Å². The number of fused-ring (bicyclic) bond motifs is 1. The van der Waals surface area contributed by atoms with Gasteiger partial charge in [0.05, 0.1) is 30.6 Å². The molecule has 22 heavy (non-hydrogen) atoms. The number of nitrogens with zero attached hydrogens (tertiary/aromatic N) is 3. The fourth-order valence-electron chi connectivity index (χ4n) is 2.23. The maximum Gasteiger partial charge on any atom is 0.213 e. The number of benzene rings is 1. The normalized spacial score (nSPS) is 10.6. The largest absolute Gasteiger partial charge is 0.487 e. The lowest BCUT2D eigenvalue weighted by molar-refractivity contribution is 0.111. The van der Waals surface area contributed by atoms with Crippen molar-refractivity contribution in [3.8, 4) is 11.6 Å². The number of pyridine rings is 1. The van der Waals surface area contributed by atoms with Crippen LogP contribution in [-0.4, -0.2) is 28.2 Å². The summed E-state index contributed by atoms with van der Waals surface area (Å²) in [6.07, 6.45) is 4.03. The Balaban J connectivity index is 1.80. The lowest BCUT2D eigenvalue weighted by Crippen LogP contribution is -2.00. The number of hydrogen-bond donors (Lipinski definition) is 0. The maximum atomic E-state index is 11.1. The summed E-state index contributed by atoms with van der Waals surface area (Å²) in [5.74, 6) is 0.813. The van der Waals surface area contributed by atoms with Crippen molar-refractivity contribution in [2.75, 3.05) is 7.11 Å². The van der Waals surface area contributed by atoms with Crippen molar-refractivity contribution in [2.24, 2.45) is 7.05 Å². The molecule has 0 aliphatic carbocycles. The molecule has 6 heteroatoms. The van der Waals surface area contributed by atoms with Gasteiger partial charge in [-0.15, -0.1) is 0 Å². The zero-order valence-electron chi connectivity index (χ0n) is 12.3. The molecule has 1 aromatic carbocycles. The number of aldehydes is 1. The molecule has 0 fully saturated rings. The number of aryl methyl sites for hydroxylation is 1. The molecular formula is C16H15N3O3. The molecule has 0 saturated carbocycles. The molecule has 0 spiro atoms. The van der Waals surface area contributed by atoms with Gasteiger partial charge in [0.2, 0.25) is 5.88 Å². The van der Waals surface area contributed by atoms with Crippen molar-refractivity contribution in [1.29, 1.82) is 0 Å². The van der Waals surface area contributed by atoms with Crippen LogP contribution in [0.4, 0.5) is 0 Å². The highest BCUT2D eigenvalue weighted by atomic mass is 16.5. The van der Waals surface area contributed by atoms with Crippen molar-refractivity contribution in [3.63, 3.8) is 0 Å².